The van der Waals surface area contributed by atoms with Gasteiger partial charge in [0.25, 0.3) is 0 Å². The second-order valence-corrected chi connectivity index (χ2v) is 8.63. The number of nitrogens with zero attached hydrogens (tertiary/aromatic N) is 2. The first kappa shape index (κ1) is 22.8. The second-order valence-electron chi connectivity index (χ2n) is 8.63. The summed E-state index contributed by atoms with van der Waals surface area (Å²) >= 11 is 0. The Morgan fingerprint density at radius 1 is 1.18 bits per heavy atom. The molecule has 0 saturated carbocycles. The van der Waals surface area contributed by atoms with E-state index in [-0.39, 0.29) is 24.5 Å². The van der Waals surface area contributed by atoms with E-state index in [4.69, 9.17) is 9.15 Å². The molecular weight excluding hydrogens is 420 g/mol. The summed E-state index contributed by atoms with van der Waals surface area (Å²) in [6.45, 7) is 5.05. The number of amides is 1. The number of benzene rings is 2. The minimum absolute atomic E-state index is 0.114. The van der Waals surface area contributed by atoms with Gasteiger partial charge in [0, 0.05) is 25.1 Å². The zero-order valence-electron chi connectivity index (χ0n) is 19.1. The Hall–Kier alpha value is -3.35. The van der Waals surface area contributed by atoms with E-state index >= 15 is 0 Å². The van der Waals surface area contributed by atoms with E-state index in [1.54, 1.807) is 4.90 Å². The van der Waals surface area contributed by atoms with E-state index in [2.05, 4.69) is 23.2 Å². The Morgan fingerprint density at radius 2 is 1.91 bits per heavy atom. The van der Waals surface area contributed by atoms with Crippen LogP contribution in [0.25, 0.3) is 22.2 Å². The first-order valence-corrected chi connectivity index (χ1v) is 11.6. The molecule has 0 spiro atoms. The summed E-state index contributed by atoms with van der Waals surface area (Å²) in [4.78, 5) is 30.1. The van der Waals surface area contributed by atoms with Crippen LogP contribution >= 0.6 is 0 Å². The first-order valence-electron chi connectivity index (χ1n) is 11.6. The molecule has 1 N–H and O–H groups in total. The maximum Gasteiger partial charge on any atom is 0.409 e. The topological polar surface area (TPSA) is 92.9 Å². The van der Waals surface area contributed by atoms with Crippen LogP contribution in [0.1, 0.15) is 37.6 Å². The summed E-state index contributed by atoms with van der Waals surface area (Å²) in [5.41, 5.74) is 1.69. The second kappa shape index (κ2) is 10.1. The molecule has 1 fully saturated rings. The van der Waals surface area contributed by atoms with Crippen LogP contribution in [0, 0.1) is 18.8 Å². The van der Waals surface area contributed by atoms with Gasteiger partial charge in [-0.3, -0.25) is 4.79 Å². The maximum absolute atomic E-state index is 12.4. The van der Waals surface area contributed by atoms with Crippen LogP contribution in [-0.2, 0) is 16.0 Å². The number of aromatic nitrogens is 1. The van der Waals surface area contributed by atoms with Gasteiger partial charge in [0.15, 0.2) is 0 Å². The van der Waals surface area contributed by atoms with Crippen molar-refractivity contribution in [1.29, 1.82) is 0 Å². The molecule has 1 aliphatic rings. The molecule has 1 atom stereocenters. The lowest BCUT2D eigenvalue weighted by Gasteiger charge is -2.33. The van der Waals surface area contributed by atoms with Gasteiger partial charge >= 0.3 is 12.1 Å². The predicted octanol–water partition coefficient (Wildman–Crippen LogP) is 5.31. The van der Waals surface area contributed by atoms with Gasteiger partial charge in [0.2, 0.25) is 5.89 Å². The number of ether oxygens (including phenoxy) is 1. The fourth-order valence-electron chi connectivity index (χ4n) is 4.63. The zero-order chi connectivity index (χ0) is 23.4. The number of hydrogen-bond acceptors (Lipinski definition) is 5. The molecule has 1 aromatic heterocycles. The molecule has 0 aliphatic carbocycles. The lowest BCUT2D eigenvalue weighted by atomic mass is 9.83. The number of aryl methyl sites for hydroxylation is 1. The molecule has 7 heteroatoms. The molecular formula is C26H30N2O5. The average Bonchev–Trinajstić information content (AvgIpc) is 3.19. The number of piperidine rings is 1. The number of carboxylic acids is 1. The Labute approximate surface area is 193 Å². The van der Waals surface area contributed by atoms with Crippen molar-refractivity contribution in [2.45, 2.75) is 39.5 Å². The molecule has 2 heterocycles. The first-order chi connectivity index (χ1) is 16.0. The molecule has 2 aromatic carbocycles. The number of likely N-dealkylation sites (tertiary alicyclic amines) is 1. The minimum Gasteiger partial charge on any atom is -0.481 e. The highest BCUT2D eigenvalue weighted by Gasteiger charge is 2.31. The van der Waals surface area contributed by atoms with E-state index in [9.17, 15) is 14.7 Å². The number of fused-ring (bicyclic) bond motifs is 1. The summed E-state index contributed by atoms with van der Waals surface area (Å²) in [5, 5.41) is 11.6. The Balaban J connectivity index is 1.30. The molecule has 0 bridgehead atoms. The fraction of sp³-hybridized carbons (Fsp3) is 0.423. The van der Waals surface area contributed by atoms with Crippen molar-refractivity contribution in [2.75, 3.05) is 19.7 Å². The molecule has 4 rings (SSSR count). The van der Waals surface area contributed by atoms with Crippen molar-refractivity contribution in [3.05, 3.63) is 53.9 Å². The van der Waals surface area contributed by atoms with Gasteiger partial charge in [0.05, 0.1) is 18.2 Å². The number of oxazole rings is 1. The lowest BCUT2D eigenvalue weighted by molar-refractivity contribution is -0.144. The molecule has 1 aliphatic heterocycles. The standard InChI is InChI=1S/C26H30N2O5/c1-3-22(25(29)30)19-10-13-28(14-11-19)26(31)32-15-12-23-17(2)33-24(27-23)21-9-8-18-6-4-5-7-20(18)16-21/h4-9,16,19,22H,3,10-15H2,1-2H3,(H,29,30)/t22-/m0/s1. The summed E-state index contributed by atoms with van der Waals surface area (Å²) in [6.07, 6.45) is 2.12. The highest BCUT2D eigenvalue weighted by atomic mass is 16.6. The number of carbonyl (C=O) groups is 2. The van der Waals surface area contributed by atoms with E-state index in [1.807, 2.05) is 38.1 Å². The monoisotopic (exact) mass is 450 g/mol. The molecule has 7 nitrogen and oxygen atoms in total. The summed E-state index contributed by atoms with van der Waals surface area (Å²) in [5.74, 6) is 0.308. The van der Waals surface area contributed by atoms with Gasteiger partial charge in [-0.15, -0.1) is 0 Å². The van der Waals surface area contributed by atoms with Gasteiger partial charge in [-0.25, -0.2) is 9.78 Å². The van der Waals surface area contributed by atoms with Crippen LogP contribution < -0.4 is 0 Å². The van der Waals surface area contributed by atoms with Crippen LogP contribution in [0.5, 0.6) is 0 Å². The van der Waals surface area contributed by atoms with Crippen molar-refractivity contribution < 1.29 is 23.8 Å². The van der Waals surface area contributed by atoms with Crippen LogP contribution in [0.15, 0.2) is 46.9 Å². The largest absolute Gasteiger partial charge is 0.481 e. The van der Waals surface area contributed by atoms with E-state index in [1.165, 1.54) is 0 Å². The molecule has 0 radical (unpaired) electrons. The van der Waals surface area contributed by atoms with E-state index in [0.29, 0.717) is 50.4 Å². The lowest BCUT2D eigenvalue weighted by Crippen LogP contribution is -2.41. The van der Waals surface area contributed by atoms with Gasteiger partial charge in [-0.05, 0) is 55.0 Å². The Morgan fingerprint density at radius 3 is 2.61 bits per heavy atom. The van der Waals surface area contributed by atoms with E-state index in [0.717, 1.165) is 22.0 Å². The third-order valence-electron chi connectivity index (χ3n) is 6.58. The Kier molecular flexibility index (Phi) is 6.96. The number of carboxylic acid groups (broad SMARTS) is 1. The van der Waals surface area contributed by atoms with Gasteiger partial charge in [-0.2, -0.15) is 0 Å². The summed E-state index contributed by atoms with van der Waals surface area (Å²) in [6, 6.07) is 14.2. The molecule has 1 saturated heterocycles. The summed E-state index contributed by atoms with van der Waals surface area (Å²) < 4.78 is 11.3. The normalized spacial score (nSPS) is 15.5. The maximum atomic E-state index is 12.4. The number of rotatable bonds is 7. The molecule has 0 unspecified atom stereocenters. The van der Waals surface area contributed by atoms with Crippen LogP contribution in [0.4, 0.5) is 4.79 Å². The van der Waals surface area contributed by atoms with Crippen molar-refractivity contribution in [3.8, 4) is 11.5 Å². The van der Waals surface area contributed by atoms with Crippen molar-refractivity contribution in [2.24, 2.45) is 11.8 Å². The van der Waals surface area contributed by atoms with Crippen molar-refractivity contribution in [3.63, 3.8) is 0 Å². The average molecular weight is 451 g/mol. The smallest absolute Gasteiger partial charge is 0.409 e. The highest BCUT2D eigenvalue weighted by molar-refractivity contribution is 5.86. The quantitative estimate of drug-likeness (QED) is 0.525. The molecule has 1 amide bonds. The van der Waals surface area contributed by atoms with Gasteiger partial charge < -0.3 is 19.2 Å². The van der Waals surface area contributed by atoms with Gasteiger partial charge in [-0.1, -0.05) is 37.3 Å². The van der Waals surface area contributed by atoms with Crippen LogP contribution in [-0.4, -0.2) is 46.7 Å². The van der Waals surface area contributed by atoms with Crippen molar-refractivity contribution in [1.82, 2.24) is 9.88 Å². The number of aliphatic carboxylic acids is 1. The van der Waals surface area contributed by atoms with Crippen LogP contribution in [0.2, 0.25) is 0 Å². The summed E-state index contributed by atoms with van der Waals surface area (Å²) in [7, 11) is 0. The minimum atomic E-state index is -0.746. The third kappa shape index (κ3) is 5.18. The van der Waals surface area contributed by atoms with Crippen LogP contribution in [0.3, 0.4) is 0 Å². The molecule has 33 heavy (non-hydrogen) atoms. The predicted molar refractivity (Wildman–Crippen MR) is 125 cm³/mol. The highest BCUT2D eigenvalue weighted by Crippen LogP contribution is 2.28. The SMILES string of the molecule is CC[C@H](C(=O)O)C1CCN(C(=O)OCCc2nc(-c3ccc4ccccc4c3)oc2C)CC1. The zero-order valence-corrected chi connectivity index (χ0v) is 19.1. The number of hydrogen-bond donors (Lipinski definition) is 1. The molecule has 174 valence electrons. The number of carbonyl (C=O) groups excluding carboxylic acids is 1. The fourth-order valence-corrected chi connectivity index (χ4v) is 4.63. The van der Waals surface area contributed by atoms with Gasteiger partial charge in [0.1, 0.15) is 5.76 Å². The molecule has 3 aromatic rings. The third-order valence-corrected chi connectivity index (χ3v) is 6.58. The van der Waals surface area contributed by atoms with E-state index < -0.39 is 5.97 Å². The van der Waals surface area contributed by atoms with Crippen molar-refractivity contribution >= 4 is 22.8 Å². The Bertz CT molecular complexity index is 1130.